The molecule has 1 heterocycles. The molecule has 0 fully saturated rings. The number of carbonyl (C=O) groups excluding carboxylic acids is 1. The highest BCUT2D eigenvalue weighted by molar-refractivity contribution is 7.09. The number of amides is 1. The standard InChI is InChI=1S/C11H19N3OS/c1-7(12)10(15)13-5-9-14-8(6-16-9)11(2,3)4/h6-7H,5,12H2,1-4H3,(H,13,15)/t7-/m1/s1. The molecule has 0 aliphatic rings. The van der Waals surface area contributed by atoms with Gasteiger partial charge in [0.2, 0.25) is 5.91 Å². The van der Waals surface area contributed by atoms with Gasteiger partial charge >= 0.3 is 0 Å². The minimum absolute atomic E-state index is 0.0555. The van der Waals surface area contributed by atoms with Crippen LogP contribution >= 0.6 is 11.3 Å². The molecule has 0 unspecified atom stereocenters. The summed E-state index contributed by atoms with van der Waals surface area (Å²) >= 11 is 1.56. The van der Waals surface area contributed by atoms with E-state index in [1.807, 2.05) is 5.38 Å². The molecule has 90 valence electrons. The molecule has 0 bridgehead atoms. The van der Waals surface area contributed by atoms with Crippen molar-refractivity contribution in [3.05, 3.63) is 16.1 Å². The quantitative estimate of drug-likeness (QED) is 0.840. The Morgan fingerprint density at radius 3 is 2.69 bits per heavy atom. The maximum absolute atomic E-state index is 11.3. The Balaban J connectivity index is 2.57. The summed E-state index contributed by atoms with van der Waals surface area (Å²) in [5, 5.41) is 5.70. The Bertz CT molecular complexity index is 366. The Hall–Kier alpha value is -0.940. The molecule has 1 aromatic rings. The van der Waals surface area contributed by atoms with E-state index in [9.17, 15) is 4.79 Å². The summed E-state index contributed by atoms with van der Waals surface area (Å²) in [4.78, 5) is 15.7. The third-order valence-electron chi connectivity index (χ3n) is 2.15. The summed E-state index contributed by atoms with van der Waals surface area (Å²) < 4.78 is 0. The minimum Gasteiger partial charge on any atom is -0.348 e. The lowest BCUT2D eigenvalue weighted by Crippen LogP contribution is -2.37. The van der Waals surface area contributed by atoms with Gasteiger partial charge in [0.25, 0.3) is 0 Å². The van der Waals surface area contributed by atoms with E-state index < -0.39 is 6.04 Å². The van der Waals surface area contributed by atoms with Crippen LogP contribution < -0.4 is 11.1 Å². The number of nitrogens with two attached hydrogens (primary N) is 1. The number of nitrogens with one attached hydrogen (secondary N) is 1. The van der Waals surface area contributed by atoms with Gasteiger partial charge < -0.3 is 11.1 Å². The molecule has 0 aliphatic carbocycles. The molecule has 0 aromatic carbocycles. The van der Waals surface area contributed by atoms with E-state index in [2.05, 4.69) is 31.1 Å². The first-order chi connectivity index (χ1) is 7.30. The summed E-state index contributed by atoms with van der Waals surface area (Å²) in [6.07, 6.45) is 0. The summed E-state index contributed by atoms with van der Waals surface area (Å²) in [6, 6.07) is -0.470. The first-order valence-corrected chi connectivity index (χ1v) is 6.17. The van der Waals surface area contributed by atoms with Crippen LogP contribution in [0.15, 0.2) is 5.38 Å². The monoisotopic (exact) mass is 241 g/mol. The summed E-state index contributed by atoms with van der Waals surface area (Å²) in [5.41, 5.74) is 6.56. The molecule has 5 heteroatoms. The SMILES string of the molecule is C[C@@H](N)C(=O)NCc1nc(C(C)(C)C)cs1. The highest BCUT2D eigenvalue weighted by atomic mass is 32.1. The summed E-state index contributed by atoms with van der Waals surface area (Å²) in [7, 11) is 0. The lowest BCUT2D eigenvalue weighted by atomic mass is 9.93. The first-order valence-electron chi connectivity index (χ1n) is 5.29. The van der Waals surface area contributed by atoms with E-state index in [0.717, 1.165) is 10.7 Å². The molecule has 0 radical (unpaired) electrons. The van der Waals surface area contributed by atoms with Crippen molar-refractivity contribution >= 4 is 17.2 Å². The summed E-state index contributed by atoms with van der Waals surface area (Å²) in [5.74, 6) is -0.146. The van der Waals surface area contributed by atoms with E-state index in [0.29, 0.717) is 6.54 Å². The molecule has 3 N–H and O–H groups in total. The Kier molecular flexibility index (Phi) is 4.04. The third-order valence-corrected chi connectivity index (χ3v) is 3.00. The van der Waals surface area contributed by atoms with Crippen LogP contribution in [0.1, 0.15) is 38.4 Å². The fourth-order valence-electron chi connectivity index (χ4n) is 1.06. The van der Waals surface area contributed by atoms with Crippen LogP contribution in [-0.4, -0.2) is 16.9 Å². The van der Waals surface area contributed by atoms with Crippen LogP contribution in [0.25, 0.3) is 0 Å². The second-order valence-electron chi connectivity index (χ2n) is 4.88. The van der Waals surface area contributed by atoms with Crippen molar-refractivity contribution in [1.29, 1.82) is 0 Å². The average molecular weight is 241 g/mol. The van der Waals surface area contributed by atoms with Crippen molar-refractivity contribution in [2.45, 2.75) is 45.7 Å². The molecule has 0 aliphatic heterocycles. The lowest BCUT2D eigenvalue weighted by Gasteiger charge is -2.14. The van der Waals surface area contributed by atoms with Gasteiger partial charge in [-0.15, -0.1) is 11.3 Å². The smallest absolute Gasteiger partial charge is 0.236 e. The van der Waals surface area contributed by atoms with Gasteiger partial charge in [0.05, 0.1) is 18.3 Å². The van der Waals surface area contributed by atoms with Crippen molar-refractivity contribution in [3.8, 4) is 0 Å². The Morgan fingerprint density at radius 2 is 2.25 bits per heavy atom. The topological polar surface area (TPSA) is 68.0 Å². The summed E-state index contributed by atoms with van der Waals surface area (Å²) in [6.45, 7) is 8.48. The molecule has 1 aromatic heterocycles. The van der Waals surface area contributed by atoms with Crippen LogP contribution in [-0.2, 0) is 16.8 Å². The van der Waals surface area contributed by atoms with Crippen LogP contribution in [0, 0.1) is 0 Å². The van der Waals surface area contributed by atoms with Crippen molar-refractivity contribution < 1.29 is 4.79 Å². The number of rotatable bonds is 3. The third kappa shape index (κ3) is 3.57. The van der Waals surface area contributed by atoms with E-state index in [4.69, 9.17) is 5.73 Å². The van der Waals surface area contributed by atoms with Gasteiger partial charge in [-0.2, -0.15) is 0 Å². The minimum atomic E-state index is -0.470. The number of nitrogens with zero attached hydrogens (tertiary/aromatic N) is 1. The predicted molar refractivity (Wildman–Crippen MR) is 66.3 cm³/mol. The highest BCUT2D eigenvalue weighted by Gasteiger charge is 2.17. The van der Waals surface area contributed by atoms with Crippen molar-refractivity contribution in [1.82, 2.24) is 10.3 Å². The van der Waals surface area contributed by atoms with Crippen molar-refractivity contribution in [3.63, 3.8) is 0 Å². The van der Waals surface area contributed by atoms with E-state index >= 15 is 0 Å². The van der Waals surface area contributed by atoms with Gasteiger partial charge in [-0.25, -0.2) is 4.98 Å². The number of thiazole rings is 1. The molecule has 0 saturated carbocycles. The zero-order chi connectivity index (χ0) is 12.3. The number of hydrogen-bond donors (Lipinski definition) is 2. The van der Waals surface area contributed by atoms with Gasteiger partial charge in [0, 0.05) is 10.8 Å². The highest BCUT2D eigenvalue weighted by Crippen LogP contribution is 2.23. The largest absolute Gasteiger partial charge is 0.348 e. The van der Waals surface area contributed by atoms with Crippen LogP contribution in [0.5, 0.6) is 0 Å². The molecule has 0 spiro atoms. The molecule has 16 heavy (non-hydrogen) atoms. The van der Waals surface area contributed by atoms with E-state index in [-0.39, 0.29) is 11.3 Å². The Morgan fingerprint density at radius 1 is 1.62 bits per heavy atom. The molecule has 0 saturated heterocycles. The molecule has 4 nitrogen and oxygen atoms in total. The van der Waals surface area contributed by atoms with Crippen LogP contribution in [0.3, 0.4) is 0 Å². The second-order valence-corrected chi connectivity index (χ2v) is 5.83. The lowest BCUT2D eigenvalue weighted by molar-refractivity contribution is -0.122. The molecule has 1 atom stereocenters. The van der Waals surface area contributed by atoms with Gasteiger partial charge in [0.1, 0.15) is 5.01 Å². The predicted octanol–water partition coefficient (Wildman–Crippen LogP) is 1.40. The number of hydrogen-bond acceptors (Lipinski definition) is 4. The molecular weight excluding hydrogens is 222 g/mol. The maximum Gasteiger partial charge on any atom is 0.236 e. The van der Waals surface area contributed by atoms with Crippen molar-refractivity contribution in [2.75, 3.05) is 0 Å². The van der Waals surface area contributed by atoms with Gasteiger partial charge in [-0.1, -0.05) is 20.8 Å². The first kappa shape index (κ1) is 13.1. The molecular formula is C11H19N3OS. The zero-order valence-electron chi connectivity index (χ0n) is 10.2. The molecule has 1 amide bonds. The number of carbonyl (C=O) groups is 1. The second kappa shape index (κ2) is 4.93. The fourth-order valence-corrected chi connectivity index (χ4v) is 2.02. The molecule has 1 rings (SSSR count). The van der Waals surface area contributed by atoms with E-state index in [1.165, 1.54) is 0 Å². The van der Waals surface area contributed by atoms with E-state index in [1.54, 1.807) is 18.3 Å². The van der Waals surface area contributed by atoms with Crippen molar-refractivity contribution in [2.24, 2.45) is 5.73 Å². The van der Waals surface area contributed by atoms with Gasteiger partial charge in [-0.3, -0.25) is 4.79 Å². The van der Waals surface area contributed by atoms with Gasteiger partial charge in [0.15, 0.2) is 0 Å². The van der Waals surface area contributed by atoms with Gasteiger partial charge in [-0.05, 0) is 6.92 Å². The van der Waals surface area contributed by atoms with Crippen LogP contribution in [0.4, 0.5) is 0 Å². The average Bonchev–Trinajstić information content (AvgIpc) is 2.61. The maximum atomic E-state index is 11.3. The zero-order valence-corrected chi connectivity index (χ0v) is 11.0. The van der Waals surface area contributed by atoms with Crippen LogP contribution in [0.2, 0.25) is 0 Å². The Labute approximate surface area is 100 Å². The normalized spacial score (nSPS) is 13.6. The fraction of sp³-hybridized carbons (Fsp3) is 0.636. The number of aromatic nitrogens is 1.